The average Bonchev–Trinajstić information content (AvgIpc) is 3.34. The normalized spacial score (nSPS) is 18.4. The fourth-order valence-electron chi connectivity index (χ4n) is 3.16. The third-order valence-corrected chi connectivity index (χ3v) is 4.54. The summed E-state index contributed by atoms with van der Waals surface area (Å²) in [6, 6.07) is 0. The molecule has 3 rings (SSSR count). The lowest BCUT2D eigenvalue weighted by atomic mass is 9.98. The molecule has 5 heteroatoms. The molecule has 4 N–H and O–H groups in total. The van der Waals surface area contributed by atoms with Gasteiger partial charge in [-0.15, -0.1) is 0 Å². The van der Waals surface area contributed by atoms with Crippen molar-refractivity contribution >= 4 is 11.6 Å². The van der Waals surface area contributed by atoms with E-state index < -0.39 is 0 Å². The molecule has 0 bridgehead atoms. The second-order valence-electron chi connectivity index (χ2n) is 6.16. The van der Waals surface area contributed by atoms with Gasteiger partial charge in [0, 0.05) is 12.1 Å². The number of hydrazine groups is 1. The second kappa shape index (κ2) is 5.95. The van der Waals surface area contributed by atoms with Crippen LogP contribution in [0, 0.1) is 17.8 Å². The molecule has 5 nitrogen and oxygen atoms in total. The molecule has 0 radical (unpaired) electrons. The van der Waals surface area contributed by atoms with E-state index in [1.165, 1.54) is 25.7 Å². The van der Waals surface area contributed by atoms with Crippen LogP contribution < -0.4 is 16.6 Å². The highest BCUT2D eigenvalue weighted by Crippen LogP contribution is 2.49. The summed E-state index contributed by atoms with van der Waals surface area (Å²) in [5, 5.41) is 3.57. The predicted octanol–water partition coefficient (Wildman–Crippen LogP) is 2.56. The Morgan fingerprint density at radius 3 is 2.40 bits per heavy atom. The van der Waals surface area contributed by atoms with Gasteiger partial charge in [0.15, 0.2) is 0 Å². The van der Waals surface area contributed by atoms with E-state index in [-0.39, 0.29) is 0 Å². The molecule has 1 heterocycles. The zero-order valence-corrected chi connectivity index (χ0v) is 12.2. The number of hydrogen-bond donors (Lipinski definition) is 3. The van der Waals surface area contributed by atoms with Gasteiger partial charge in [0.2, 0.25) is 0 Å². The molecular weight excluding hydrogens is 250 g/mol. The molecule has 0 unspecified atom stereocenters. The summed E-state index contributed by atoms with van der Waals surface area (Å²) < 4.78 is 0. The summed E-state index contributed by atoms with van der Waals surface area (Å²) in [4.78, 5) is 8.63. The van der Waals surface area contributed by atoms with E-state index in [4.69, 9.17) is 5.84 Å². The fourth-order valence-corrected chi connectivity index (χ4v) is 3.16. The van der Waals surface area contributed by atoms with Crippen molar-refractivity contribution in [3.8, 4) is 0 Å². The molecule has 0 saturated heterocycles. The van der Waals surface area contributed by atoms with Gasteiger partial charge in [-0.05, 0) is 49.9 Å². The van der Waals surface area contributed by atoms with Gasteiger partial charge in [-0.25, -0.2) is 15.8 Å². The number of aromatic nitrogens is 2. The van der Waals surface area contributed by atoms with E-state index in [0.717, 1.165) is 54.3 Å². The molecular formula is C15H25N5. The first-order valence-corrected chi connectivity index (χ1v) is 7.87. The lowest BCUT2D eigenvalue weighted by molar-refractivity contribution is 0.427. The standard InChI is InChI=1S/C15H25N5/c1-2-3-12-14(18-9-19-15(12)20-16)17-8-13(10-4-5-10)11-6-7-11/h9-11,13H,2-8,16H2,1H3,(H2,17,18,19,20). The Hall–Kier alpha value is -1.36. The number of nitrogen functional groups attached to an aromatic ring is 1. The molecule has 1 aromatic heterocycles. The van der Waals surface area contributed by atoms with Gasteiger partial charge in [0.1, 0.15) is 18.0 Å². The van der Waals surface area contributed by atoms with Crippen LogP contribution in [0.3, 0.4) is 0 Å². The van der Waals surface area contributed by atoms with Crippen LogP contribution in [0.25, 0.3) is 0 Å². The van der Waals surface area contributed by atoms with Gasteiger partial charge in [-0.1, -0.05) is 13.3 Å². The molecule has 2 aliphatic carbocycles. The predicted molar refractivity (Wildman–Crippen MR) is 81.3 cm³/mol. The van der Waals surface area contributed by atoms with E-state index in [2.05, 4.69) is 27.6 Å². The van der Waals surface area contributed by atoms with Gasteiger partial charge in [0.25, 0.3) is 0 Å². The van der Waals surface area contributed by atoms with Crippen molar-refractivity contribution in [3.63, 3.8) is 0 Å². The number of nitrogens with one attached hydrogen (secondary N) is 2. The monoisotopic (exact) mass is 275 g/mol. The molecule has 0 aliphatic heterocycles. The Balaban J connectivity index is 1.69. The van der Waals surface area contributed by atoms with Crippen molar-refractivity contribution in [3.05, 3.63) is 11.9 Å². The summed E-state index contributed by atoms with van der Waals surface area (Å²) in [6.07, 6.45) is 9.27. The van der Waals surface area contributed by atoms with Crippen molar-refractivity contribution in [1.82, 2.24) is 9.97 Å². The minimum Gasteiger partial charge on any atom is -0.369 e. The molecule has 1 aromatic rings. The summed E-state index contributed by atoms with van der Waals surface area (Å²) in [7, 11) is 0. The van der Waals surface area contributed by atoms with Crippen LogP contribution in [0.15, 0.2) is 6.33 Å². The Kier molecular flexibility index (Phi) is 4.05. The van der Waals surface area contributed by atoms with E-state index in [1.807, 2.05) is 0 Å². The first-order chi connectivity index (χ1) is 9.83. The van der Waals surface area contributed by atoms with Crippen LogP contribution in [-0.2, 0) is 6.42 Å². The van der Waals surface area contributed by atoms with Crippen LogP contribution in [-0.4, -0.2) is 16.5 Å². The molecule has 0 amide bonds. The topological polar surface area (TPSA) is 75.9 Å². The van der Waals surface area contributed by atoms with Gasteiger partial charge in [0.05, 0.1) is 0 Å². The quantitative estimate of drug-likeness (QED) is 0.502. The molecule has 110 valence electrons. The highest BCUT2D eigenvalue weighted by molar-refractivity contribution is 5.56. The van der Waals surface area contributed by atoms with Crippen molar-refractivity contribution in [2.75, 3.05) is 17.3 Å². The Morgan fingerprint density at radius 1 is 1.20 bits per heavy atom. The third-order valence-electron chi connectivity index (χ3n) is 4.54. The minimum absolute atomic E-state index is 0.749. The summed E-state index contributed by atoms with van der Waals surface area (Å²) in [5.74, 6) is 10.0. The largest absolute Gasteiger partial charge is 0.369 e. The summed E-state index contributed by atoms with van der Waals surface area (Å²) in [6.45, 7) is 3.21. The Morgan fingerprint density at radius 2 is 1.85 bits per heavy atom. The third kappa shape index (κ3) is 3.03. The second-order valence-corrected chi connectivity index (χ2v) is 6.16. The van der Waals surface area contributed by atoms with Crippen molar-refractivity contribution in [1.29, 1.82) is 0 Å². The maximum absolute atomic E-state index is 5.55. The molecule has 20 heavy (non-hydrogen) atoms. The van der Waals surface area contributed by atoms with Gasteiger partial charge in [-0.2, -0.15) is 0 Å². The van der Waals surface area contributed by atoms with Crippen LogP contribution in [0.1, 0.15) is 44.6 Å². The van der Waals surface area contributed by atoms with Crippen molar-refractivity contribution in [2.45, 2.75) is 45.4 Å². The SMILES string of the molecule is CCCc1c(NN)ncnc1NCC(C1CC1)C1CC1. The van der Waals surface area contributed by atoms with Crippen molar-refractivity contribution in [2.24, 2.45) is 23.6 Å². The smallest absolute Gasteiger partial charge is 0.148 e. The number of anilines is 2. The number of nitrogens with zero attached hydrogens (tertiary/aromatic N) is 2. The van der Waals surface area contributed by atoms with Crippen LogP contribution in [0.4, 0.5) is 11.6 Å². The molecule has 2 saturated carbocycles. The number of nitrogens with two attached hydrogens (primary N) is 1. The van der Waals surface area contributed by atoms with Gasteiger partial charge >= 0.3 is 0 Å². The summed E-state index contributed by atoms with van der Waals surface area (Å²) in [5.41, 5.74) is 3.80. The highest BCUT2D eigenvalue weighted by Gasteiger charge is 2.41. The fraction of sp³-hybridized carbons (Fsp3) is 0.733. The lowest BCUT2D eigenvalue weighted by Gasteiger charge is -2.19. The van der Waals surface area contributed by atoms with Crippen LogP contribution >= 0.6 is 0 Å². The number of hydrogen-bond acceptors (Lipinski definition) is 5. The molecule has 0 spiro atoms. The number of rotatable bonds is 8. The molecule has 2 aliphatic rings. The minimum atomic E-state index is 0.749. The maximum atomic E-state index is 5.55. The van der Waals surface area contributed by atoms with E-state index in [1.54, 1.807) is 6.33 Å². The molecule has 2 fully saturated rings. The molecule has 0 aromatic carbocycles. The zero-order valence-electron chi connectivity index (χ0n) is 12.2. The maximum Gasteiger partial charge on any atom is 0.148 e. The summed E-state index contributed by atoms with van der Waals surface area (Å²) >= 11 is 0. The van der Waals surface area contributed by atoms with Crippen molar-refractivity contribution < 1.29 is 0 Å². The van der Waals surface area contributed by atoms with Crippen LogP contribution in [0.5, 0.6) is 0 Å². The first-order valence-electron chi connectivity index (χ1n) is 7.87. The zero-order chi connectivity index (χ0) is 13.9. The van der Waals surface area contributed by atoms with E-state index >= 15 is 0 Å². The average molecular weight is 275 g/mol. The van der Waals surface area contributed by atoms with E-state index in [9.17, 15) is 0 Å². The lowest BCUT2D eigenvalue weighted by Crippen LogP contribution is -2.21. The Labute approximate surface area is 120 Å². The molecule has 0 atom stereocenters. The van der Waals surface area contributed by atoms with Crippen LogP contribution in [0.2, 0.25) is 0 Å². The Bertz CT molecular complexity index is 442. The van der Waals surface area contributed by atoms with E-state index in [0.29, 0.717) is 0 Å². The van der Waals surface area contributed by atoms with Gasteiger partial charge in [-0.3, -0.25) is 0 Å². The highest BCUT2D eigenvalue weighted by atomic mass is 15.3. The first kappa shape index (κ1) is 13.6. The van der Waals surface area contributed by atoms with Gasteiger partial charge < -0.3 is 10.7 Å².